The van der Waals surface area contributed by atoms with Crippen molar-refractivity contribution < 1.29 is 18.8 Å². The number of amides is 1. The van der Waals surface area contributed by atoms with E-state index in [0.29, 0.717) is 11.4 Å². The van der Waals surface area contributed by atoms with Crippen LogP contribution in [0.2, 0.25) is 0 Å². The van der Waals surface area contributed by atoms with E-state index < -0.39 is 18.5 Å². The third-order valence-corrected chi connectivity index (χ3v) is 3.55. The normalized spacial score (nSPS) is 10.5. The zero-order valence-corrected chi connectivity index (χ0v) is 14.1. The van der Waals surface area contributed by atoms with Gasteiger partial charge in [0.05, 0.1) is 11.3 Å². The molecule has 0 saturated heterocycles. The summed E-state index contributed by atoms with van der Waals surface area (Å²) in [4.78, 5) is 38.1. The van der Waals surface area contributed by atoms with Gasteiger partial charge in [0.25, 0.3) is 5.91 Å². The number of aromatic nitrogens is 3. The highest BCUT2D eigenvalue weighted by molar-refractivity contribution is 5.95. The summed E-state index contributed by atoms with van der Waals surface area (Å²) >= 11 is 0. The Kier molecular flexibility index (Phi) is 4.70. The molecular weight excluding hydrogens is 340 g/mol. The SMILES string of the molecule is Cc1cc(NC(=O)COC(=O)c2ccc(-n3c(C)c[nH]c3=O)cc2)no1. The van der Waals surface area contributed by atoms with Crippen LogP contribution in [0.25, 0.3) is 5.69 Å². The number of anilines is 1. The molecule has 0 atom stereocenters. The first-order valence-electron chi connectivity index (χ1n) is 7.72. The fourth-order valence-corrected chi connectivity index (χ4v) is 2.34. The van der Waals surface area contributed by atoms with Gasteiger partial charge in [-0.2, -0.15) is 0 Å². The molecule has 1 aromatic carbocycles. The Morgan fingerprint density at radius 3 is 2.58 bits per heavy atom. The van der Waals surface area contributed by atoms with Crippen molar-refractivity contribution in [2.75, 3.05) is 11.9 Å². The van der Waals surface area contributed by atoms with Gasteiger partial charge in [-0.3, -0.25) is 9.36 Å². The van der Waals surface area contributed by atoms with Crippen LogP contribution >= 0.6 is 0 Å². The maximum absolute atomic E-state index is 12.0. The number of aromatic amines is 1. The lowest BCUT2D eigenvalue weighted by Gasteiger charge is -2.07. The van der Waals surface area contributed by atoms with E-state index in [1.165, 1.54) is 16.7 Å². The number of carbonyl (C=O) groups excluding carboxylic acids is 2. The molecule has 0 aliphatic heterocycles. The van der Waals surface area contributed by atoms with Gasteiger partial charge in [-0.25, -0.2) is 9.59 Å². The number of imidazole rings is 1. The first-order valence-corrected chi connectivity index (χ1v) is 7.72. The fraction of sp³-hybridized carbons (Fsp3) is 0.176. The number of H-pyrrole nitrogens is 1. The monoisotopic (exact) mass is 356 g/mol. The summed E-state index contributed by atoms with van der Waals surface area (Å²) in [5.41, 5.74) is 1.35. The maximum atomic E-state index is 12.0. The van der Waals surface area contributed by atoms with Gasteiger partial charge in [0.2, 0.25) is 0 Å². The van der Waals surface area contributed by atoms with Crippen molar-refractivity contribution in [3.8, 4) is 5.69 Å². The summed E-state index contributed by atoms with van der Waals surface area (Å²) in [6.07, 6.45) is 1.60. The highest BCUT2D eigenvalue weighted by Crippen LogP contribution is 2.11. The molecule has 0 bridgehead atoms. The lowest BCUT2D eigenvalue weighted by Crippen LogP contribution is -2.21. The molecule has 0 unspecified atom stereocenters. The van der Waals surface area contributed by atoms with Crippen LogP contribution in [0.5, 0.6) is 0 Å². The largest absolute Gasteiger partial charge is 0.452 e. The van der Waals surface area contributed by atoms with Crippen molar-refractivity contribution in [1.82, 2.24) is 14.7 Å². The number of aryl methyl sites for hydroxylation is 2. The minimum absolute atomic E-state index is 0.250. The van der Waals surface area contributed by atoms with Gasteiger partial charge < -0.3 is 19.6 Å². The number of ether oxygens (including phenoxy) is 1. The van der Waals surface area contributed by atoms with Gasteiger partial charge >= 0.3 is 11.7 Å². The Labute approximate surface area is 147 Å². The lowest BCUT2D eigenvalue weighted by atomic mass is 10.2. The second kappa shape index (κ2) is 7.09. The molecule has 1 amide bonds. The topological polar surface area (TPSA) is 119 Å². The van der Waals surface area contributed by atoms with Crippen LogP contribution in [0.1, 0.15) is 21.8 Å². The molecule has 26 heavy (non-hydrogen) atoms. The molecule has 3 rings (SSSR count). The van der Waals surface area contributed by atoms with Gasteiger partial charge in [-0.05, 0) is 38.1 Å². The first kappa shape index (κ1) is 17.2. The third-order valence-electron chi connectivity index (χ3n) is 3.55. The molecule has 134 valence electrons. The Morgan fingerprint density at radius 2 is 2.00 bits per heavy atom. The van der Waals surface area contributed by atoms with Crippen LogP contribution in [0.4, 0.5) is 5.82 Å². The van der Waals surface area contributed by atoms with Crippen LogP contribution in [-0.2, 0) is 9.53 Å². The molecule has 3 aromatic rings. The van der Waals surface area contributed by atoms with E-state index >= 15 is 0 Å². The average Bonchev–Trinajstić information content (AvgIpc) is 3.18. The van der Waals surface area contributed by atoms with Crippen molar-refractivity contribution in [3.05, 3.63) is 64.0 Å². The van der Waals surface area contributed by atoms with E-state index in [9.17, 15) is 14.4 Å². The number of esters is 1. The van der Waals surface area contributed by atoms with E-state index in [-0.39, 0.29) is 17.1 Å². The van der Waals surface area contributed by atoms with Crippen LogP contribution in [0.15, 0.2) is 45.8 Å². The second-order valence-corrected chi connectivity index (χ2v) is 5.56. The van der Waals surface area contributed by atoms with Crippen molar-refractivity contribution in [1.29, 1.82) is 0 Å². The first-order chi connectivity index (χ1) is 12.4. The van der Waals surface area contributed by atoms with Crippen molar-refractivity contribution >= 4 is 17.7 Å². The van der Waals surface area contributed by atoms with E-state index in [1.54, 1.807) is 38.2 Å². The quantitative estimate of drug-likeness (QED) is 0.670. The molecule has 2 aromatic heterocycles. The predicted octanol–water partition coefficient (Wildman–Crippen LogP) is 1.57. The zero-order valence-electron chi connectivity index (χ0n) is 14.1. The molecule has 2 heterocycles. The molecule has 2 N–H and O–H groups in total. The number of carbonyl (C=O) groups is 2. The van der Waals surface area contributed by atoms with Crippen LogP contribution in [-0.4, -0.2) is 33.2 Å². The summed E-state index contributed by atoms with van der Waals surface area (Å²) in [6.45, 7) is 3.02. The Balaban J connectivity index is 1.60. The average molecular weight is 356 g/mol. The highest BCUT2D eigenvalue weighted by atomic mass is 16.5. The number of nitrogens with zero attached hydrogens (tertiary/aromatic N) is 2. The van der Waals surface area contributed by atoms with Gasteiger partial charge in [0, 0.05) is 18.0 Å². The van der Waals surface area contributed by atoms with E-state index in [0.717, 1.165) is 5.69 Å². The predicted molar refractivity (Wildman–Crippen MR) is 91.3 cm³/mol. The summed E-state index contributed by atoms with van der Waals surface area (Å²) in [5.74, 6) is -0.381. The van der Waals surface area contributed by atoms with Crippen molar-refractivity contribution in [2.45, 2.75) is 13.8 Å². The molecule has 0 aliphatic carbocycles. The Hall–Kier alpha value is -3.62. The van der Waals surface area contributed by atoms with Crippen molar-refractivity contribution in [3.63, 3.8) is 0 Å². The van der Waals surface area contributed by atoms with Gasteiger partial charge in [-0.15, -0.1) is 0 Å². The number of nitrogens with one attached hydrogen (secondary N) is 2. The Morgan fingerprint density at radius 1 is 1.27 bits per heavy atom. The number of benzene rings is 1. The van der Waals surface area contributed by atoms with E-state index in [4.69, 9.17) is 9.26 Å². The molecule has 0 radical (unpaired) electrons. The maximum Gasteiger partial charge on any atom is 0.338 e. The molecule has 0 aliphatic rings. The lowest BCUT2D eigenvalue weighted by molar-refractivity contribution is -0.119. The Bertz CT molecular complexity index is 997. The summed E-state index contributed by atoms with van der Waals surface area (Å²) in [5, 5.41) is 6.06. The molecule has 0 saturated carbocycles. The van der Waals surface area contributed by atoms with Gasteiger partial charge in [0.1, 0.15) is 5.76 Å². The smallest absolute Gasteiger partial charge is 0.338 e. The minimum Gasteiger partial charge on any atom is -0.452 e. The number of rotatable bonds is 5. The molecule has 0 spiro atoms. The van der Waals surface area contributed by atoms with Crippen LogP contribution in [0, 0.1) is 13.8 Å². The van der Waals surface area contributed by atoms with E-state index in [2.05, 4.69) is 15.5 Å². The van der Waals surface area contributed by atoms with Crippen molar-refractivity contribution in [2.24, 2.45) is 0 Å². The molecule has 0 fully saturated rings. The molecule has 9 nitrogen and oxygen atoms in total. The molecular formula is C17H16N4O5. The minimum atomic E-state index is -0.652. The second-order valence-electron chi connectivity index (χ2n) is 5.56. The van der Waals surface area contributed by atoms with E-state index in [1.807, 2.05) is 0 Å². The number of hydrogen-bond acceptors (Lipinski definition) is 6. The summed E-state index contributed by atoms with van der Waals surface area (Å²) in [6, 6.07) is 7.84. The summed E-state index contributed by atoms with van der Waals surface area (Å²) < 4.78 is 11.3. The highest BCUT2D eigenvalue weighted by Gasteiger charge is 2.12. The number of hydrogen-bond donors (Lipinski definition) is 2. The zero-order chi connectivity index (χ0) is 18.7. The van der Waals surface area contributed by atoms with Gasteiger partial charge in [0.15, 0.2) is 12.4 Å². The molecule has 9 heteroatoms. The summed E-state index contributed by atoms with van der Waals surface area (Å²) in [7, 11) is 0. The fourth-order valence-electron chi connectivity index (χ4n) is 2.34. The standard InChI is InChI=1S/C17H16N4O5/c1-10-8-18-17(24)21(10)13-5-3-12(4-6-13)16(23)25-9-15(22)19-14-7-11(2)26-20-14/h3-8H,9H2,1-2H3,(H,18,24)(H,19,20,22). The van der Waals surface area contributed by atoms with Gasteiger partial charge in [-0.1, -0.05) is 5.16 Å². The van der Waals surface area contributed by atoms with Crippen LogP contribution < -0.4 is 11.0 Å². The van der Waals surface area contributed by atoms with Crippen LogP contribution in [0.3, 0.4) is 0 Å². The third kappa shape index (κ3) is 3.72.